The van der Waals surface area contributed by atoms with Crippen molar-refractivity contribution in [2.45, 2.75) is 33.1 Å². The lowest BCUT2D eigenvalue weighted by Crippen LogP contribution is -2.07. The number of aryl methyl sites for hydroxylation is 1. The summed E-state index contributed by atoms with van der Waals surface area (Å²) in [5.41, 5.74) is 0.589. The van der Waals surface area contributed by atoms with Crippen LogP contribution < -0.4 is 4.74 Å². The van der Waals surface area contributed by atoms with Crippen molar-refractivity contribution in [1.29, 1.82) is 0 Å². The summed E-state index contributed by atoms with van der Waals surface area (Å²) in [6.07, 6.45) is 1.71. The Balaban J connectivity index is 2.57. The van der Waals surface area contributed by atoms with E-state index < -0.39 is 0 Å². The van der Waals surface area contributed by atoms with Crippen LogP contribution in [0.3, 0.4) is 0 Å². The SMILES string of the molecule is CC(C)C(=O)CCCc1cccc(OCS)c1F. The normalized spacial score (nSPS) is 10.7. The van der Waals surface area contributed by atoms with E-state index in [-0.39, 0.29) is 29.2 Å². The molecule has 1 aromatic carbocycles. The minimum Gasteiger partial charge on any atom is -0.480 e. The summed E-state index contributed by atoms with van der Waals surface area (Å²) < 4.78 is 19.0. The molecule has 0 saturated heterocycles. The van der Waals surface area contributed by atoms with Crippen LogP contribution in [0.2, 0.25) is 0 Å². The second kappa shape index (κ2) is 7.41. The molecule has 0 aliphatic heterocycles. The maximum Gasteiger partial charge on any atom is 0.168 e. The Labute approximate surface area is 113 Å². The number of rotatable bonds is 7. The van der Waals surface area contributed by atoms with Gasteiger partial charge >= 0.3 is 0 Å². The third-order valence-electron chi connectivity index (χ3n) is 2.78. The first-order chi connectivity index (χ1) is 8.56. The molecular formula is C14H19FO2S. The van der Waals surface area contributed by atoms with Gasteiger partial charge in [0.15, 0.2) is 11.6 Å². The van der Waals surface area contributed by atoms with Crippen LogP contribution in [0.4, 0.5) is 4.39 Å². The Morgan fingerprint density at radius 2 is 2.17 bits per heavy atom. The molecule has 0 radical (unpaired) electrons. The number of thiol groups is 1. The molecule has 0 bridgehead atoms. The van der Waals surface area contributed by atoms with Gasteiger partial charge in [0.1, 0.15) is 11.7 Å². The molecule has 2 nitrogen and oxygen atoms in total. The van der Waals surface area contributed by atoms with E-state index in [1.165, 1.54) is 0 Å². The van der Waals surface area contributed by atoms with Crippen molar-refractivity contribution in [3.8, 4) is 5.75 Å². The summed E-state index contributed by atoms with van der Waals surface area (Å²) in [6.45, 7) is 3.76. The van der Waals surface area contributed by atoms with Gasteiger partial charge < -0.3 is 4.74 Å². The molecule has 0 spiro atoms. The molecule has 18 heavy (non-hydrogen) atoms. The largest absolute Gasteiger partial charge is 0.480 e. The summed E-state index contributed by atoms with van der Waals surface area (Å²) in [4.78, 5) is 11.5. The van der Waals surface area contributed by atoms with E-state index in [0.717, 1.165) is 0 Å². The number of Topliss-reactive ketones (excluding diaryl/α,β-unsaturated/α-hetero) is 1. The fourth-order valence-corrected chi connectivity index (χ4v) is 1.81. The highest BCUT2D eigenvalue weighted by Crippen LogP contribution is 2.22. The average Bonchev–Trinajstić information content (AvgIpc) is 2.33. The molecule has 0 saturated carbocycles. The van der Waals surface area contributed by atoms with Crippen molar-refractivity contribution in [2.75, 3.05) is 5.94 Å². The van der Waals surface area contributed by atoms with Gasteiger partial charge in [-0.25, -0.2) is 4.39 Å². The maximum atomic E-state index is 13.9. The van der Waals surface area contributed by atoms with Crippen LogP contribution in [0.25, 0.3) is 0 Å². The Kier molecular flexibility index (Phi) is 6.19. The van der Waals surface area contributed by atoms with Gasteiger partial charge in [-0.3, -0.25) is 4.79 Å². The first-order valence-corrected chi connectivity index (χ1v) is 6.73. The third-order valence-corrected chi connectivity index (χ3v) is 2.91. The van der Waals surface area contributed by atoms with Crippen LogP contribution in [-0.4, -0.2) is 11.7 Å². The molecule has 0 fully saturated rings. The molecule has 100 valence electrons. The molecule has 0 atom stereocenters. The molecule has 0 unspecified atom stereocenters. The number of halogens is 1. The lowest BCUT2D eigenvalue weighted by molar-refractivity contribution is -0.121. The van der Waals surface area contributed by atoms with Gasteiger partial charge in [-0.05, 0) is 24.5 Å². The van der Waals surface area contributed by atoms with Crippen LogP contribution in [0.15, 0.2) is 18.2 Å². The quantitative estimate of drug-likeness (QED) is 0.605. The Morgan fingerprint density at radius 3 is 2.78 bits per heavy atom. The van der Waals surface area contributed by atoms with Gasteiger partial charge in [0, 0.05) is 12.3 Å². The third kappa shape index (κ3) is 4.33. The summed E-state index contributed by atoms with van der Waals surface area (Å²) in [6, 6.07) is 5.05. The Hall–Kier alpha value is -1.03. The van der Waals surface area contributed by atoms with E-state index in [1.807, 2.05) is 13.8 Å². The van der Waals surface area contributed by atoms with E-state index in [2.05, 4.69) is 12.6 Å². The smallest absolute Gasteiger partial charge is 0.168 e. The average molecular weight is 270 g/mol. The van der Waals surface area contributed by atoms with E-state index in [4.69, 9.17) is 4.74 Å². The summed E-state index contributed by atoms with van der Waals surface area (Å²) in [5, 5.41) is 0. The molecule has 0 heterocycles. The van der Waals surface area contributed by atoms with E-state index >= 15 is 0 Å². The zero-order chi connectivity index (χ0) is 13.5. The van der Waals surface area contributed by atoms with E-state index in [0.29, 0.717) is 24.8 Å². The lowest BCUT2D eigenvalue weighted by atomic mass is 10.0. The van der Waals surface area contributed by atoms with Crippen molar-refractivity contribution >= 4 is 18.4 Å². The van der Waals surface area contributed by atoms with Gasteiger partial charge in [-0.2, -0.15) is 0 Å². The molecule has 1 rings (SSSR count). The van der Waals surface area contributed by atoms with Crippen LogP contribution in [0.5, 0.6) is 5.75 Å². The standard InChI is InChI=1S/C14H19FO2S/c1-10(2)12(16)7-3-5-11-6-4-8-13(14(11)15)17-9-18/h4,6,8,10,18H,3,5,7,9H2,1-2H3. The van der Waals surface area contributed by atoms with Crippen molar-refractivity contribution < 1.29 is 13.9 Å². The summed E-state index contributed by atoms with van der Waals surface area (Å²) in [7, 11) is 0. The van der Waals surface area contributed by atoms with Crippen molar-refractivity contribution in [3.05, 3.63) is 29.6 Å². The number of ketones is 1. The van der Waals surface area contributed by atoms with Crippen LogP contribution in [0.1, 0.15) is 32.3 Å². The molecule has 1 aromatic rings. The van der Waals surface area contributed by atoms with Crippen molar-refractivity contribution in [3.63, 3.8) is 0 Å². The highest BCUT2D eigenvalue weighted by Gasteiger charge is 2.11. The zero-order valence-corrected chi connectivity index (χ0v) is 11.7. The Bertz CT molecular complexity index is 405. The maximum absolute atomic E-state index is 13.9. The minimum atomic E-state index is -0.344. The predicted molar refractivity (Wildman–Crippen MR) is 73.7 cm³/mol. The van der Waals surface area contributed by atoms with Gasteiger partial charge in [-0.15, -0.1) is 12.6 Å². The summed E-state index contributed by atoms with van der Waals surface area (Å²) in [5.74, 6) is 0.291. The monoisotopic (exact) mass is 270 g/mol. The number of benzene rings is 1. The zero-order valence-electron chi connectivity index (χ0n) is 10.8. The number of carbonyl (C=O) groups is 1. The molecule has 0 aromatic heterocycles. The van der Waals surface area contributed by atoms with Crippen LogP contribution in [-0.2, 0) is 11.2 Å². The molecular weight excluding hydrogens is 251 g/mol. The minimum absolute atomic E-state index is 0.0497. The van der Waals surface area contributed by atoms with Gasteiger partial charge in [-0.1, -0.05) is 26.0 Å². The first kappa shape index (κ1) is 15.0. The molecule has 0 amide bonds. The second-order valence-electron chi connectivity index (χ2n) is 4.48. The molecule has 4 heteroatoms. The fourth-order valence-electron chi connectivity index (χ4n) is 1.67. The Morgan fingerprint density at radius 1 is 1.44 bits per heavy atom. The number of hydrogen-bond acceptors (Lipinski definition) is 3. The highest BCUT2D eigenvalue weighted by atomic mass is 32.1. The van der Waals surface area contributed by atoms with Crippen LogP contribution >= 0.6 is 12.6 Å². The van der Waals surface area contributed by atoms with Crippen molar-refractivity contribution in [2.24, 2.45) is 5.92 Å². The number of hydrogen-bond donors (Lipinski definition) is 1. The van der Waals surface area contributed by atoms with Gasteiger partial charge in [0.05, 0.1) is 0 Å². The highest BCUT2D eigenvalue weighted by molar-refractivity contribution is 7.80. The molecule has 0 aliphatic rings. The van der Waals surface area contributed by atoms with Gasteiger partial charge in [0.25, 0.3) is 0 Å². The molecule has 0 aliphatic carbocycles. The fraction of sp³-hybridized carbons (Fsp3) is 0.500. The molecule has 0 N–H and O–H groups in total. The lowest BCUT2D eigenvalue weighted by Gasteiger charge is -2.08. The van der Waals surface area contributed by atoms with Crippen LogP contribution in [0, 0.1) is 11.7 Å². The van der Waals surface area contributed by atoms with E-state index in [9.17, 15) is 9.18 Å². The first-order valence-electron chi connectivity index (χ1n) is 6.10. The topological polar surface area (TPSA) is 26.3 Å². The summed E-state index contributed by atoms with van der Waals surface area (Å²) >= 11 is 3.90. The van der Waals surface area contributed by atoms with Crippen molar-refractivity contribution in [1.82, 2.24) is 0 Å². The second-order valence-corrected chi connectivity index (χ2v) is 4.74. The van der Waals surface area contributed by atoms with E-state index in [1.54, 1.807) is 18.2 Å². The number of ether oxygens (including phenoxy) is 1. The predicted octanol–water partition coefficient (Wildman–Crippen LogP) is 3.64. The number of carbonyl (C=O) groups excluding carboxylic acids is 1. The van der Waals surface area contributed by atoms with Gasteiger partial charge in [0.2, 0.25) is 0 Å².